The third kappa shape index (κ3) is 2.71. The van der Waals surface area contributed by atoms with Gasteiger partial charge in [0.15, 0.2) is 5.82 Å². The molecule has 4 aromatic rings. The maximum atomic E-state index is 12.5. The lowest BCUT2D eigenvalue weighted by atomic mass is 10.1. The highest BCUT2D eigenvalue weighted by atomic mass is 35.5. The normalized spacial score (nSPS) is 12.8. The zero-order valence-electron chi connectivity index (χ0n) is 14.6. The third-order valence-corrected chi connectivity index (χ3v) is 6.20. The van der Waals surface area contributed by atoms with Crippen molar-refractivity contribution in [3.05, 3.63) is 69.6 Å². The van der Waals surface area contributed by atoms with Gasteiger partial charge >= 0.3 is 5.69 Å². The molecular weight excluding hydrogens is 396 g/mol. The monoisotopic (exact) mass is 410 g/mol. The number of aromatic nitrogens is 3. The zero-order valence-corrected chi connectivity index (χ0v) is 16.2. The molecule has 3 N–H and O–H groups in total. The van der Waals surface area contributed by atoms with Crippen molar-refractivity contribution in [3.8, 4) is 32.6 Å². The van der Waals surface area contributed by atoms with Crippen LogP contribution in [0.4, 0.5) is 5.69 Å². The van der Waals surface area contributed by atoms with E-state index < -0.39 is 0 Å². The number of nitrogen functional groups attached to an aromatic ring is 1. The van der Waals surface area contributed by atoms with Crippen LogP contribution in [0.1, 0.15) is 5.56 Å². The van der Waals surface area contributed by atoms with Crippen molar-refractivity contribution < 1.29 is 4.74 Å². The molecule has 0 saturated heterocycles. The summed E-state index contributed by atoms with van der Waals surface area (Å²) in [5.41, 5.74) is 9.00. The minimum atomic E-state index is -0.330. The van der Waals surface area contributed by atoms with Crippen LogP contribution in [0.25, 0.3) is 26.8 Å². The van der Waals surface area contributed by atoms with Crippen LogP contribution in [0, 0.1) is 0 Å². The van der Waals surface area contributed by atoms with Gasteiger partial charge in [-0.25, -0.2) is 14.5 Å². The van der Waals surface area contributed by atoms with Gasteiger partial charge in [0.2, 0.25) is 0 Å². The molecule has 0 saturated carbocycles. The lowest BCUT2D eigenvalue weighted by molar-refractivity contribution is 0.326. The van der Waals surface area contributed by atoms with E-state index in [1.807, 2.05) is 30.3 Å². The van der Waals surface area contributed by atoms with Gasteiger partial charge in [-0.05, 0) is 35.9 Å². The molecule has 0 atom stereocenters. The van der Waals surface area contributed by atoms with E-state index >= 15 is 0 Å². The summed E-state index contributed by atoms with van der Waals surface area (Å²) < 4.78 is 7.37. The molecule has 2 aromatic heterocycles. The second-order valence-corrected chi connectivity index (χ2v) is 7.92. The first-order valence-corrected chi connectivity index (χ1v) is 9.89. The van der Waals surface area contributed by atoms with E-state index in [0.29, 0.717) is 28.8 Å². The largest absolute Gasteiger partial charge is 0.492 e. The van der Waals surface area contributed by atoms with E-state index in [1.54, 1.807) is 23.5 Å². The summed E-state index contributed by atoms with van der Waals surface area (Å²) in [7, 11) is 0. The van der Waals surface area contributed by atoms with Crippen LogP contribution in [0.15, 0.2) is 53.3 Å². The second kappa shape index (κ2) is 6.54. The lowest BCUT2D eigenvalue weighted by Gasteiger charge is -2.08. The van der Waals surface area contributed by atoms with Crippen molar-refractivity contribution in [2.24, 2.45) is 0 Å². The van der Waals surface area contributed by atoms with Gasteiger partial charge in [0, 0.05) is 28.6 Å². The number of para-hydroxylation sites is 1. The van der Waals surface area contributed by atoms with E-state index in [1.165, 1.54) is 4.57 Å². The van der Waals surface area contributed by atoms with Crippen molar-refractivity contribution >= 4 is 28.6 Å². The van der Waals surface area contributed by atoms with Gasteiger partial charge < -0.3 is 10.5 Å². The highest BCUT2D eigenvalue weighted by Gasteiger charge is 2.23. The number of fused-ring (bicyclic) bond motifs is 3. The summed E-state index contributed by atoms with van der Waals surface area (Å²) in [6, 6.07) is 15.0. The first kappa shape index (κ1) is 17.1. The Morgan fingerprint density at radius 2 is 2.07 bits per heavy atom. The summed E-state index contributed by atoms with van der Waals surface area (Å²) in [6.45, 7) is 0.567. The molecule has 1 aliphatic heterocycles. The molecule has 1 aliphatic rings. The molecule has 8 heteroatoms. The van der Waals surface area contributed by atoms with Crippen molar-refractivity contribution in [2.45, 2.75) is 6.42 Å². The highest BCUT2D eigenvalue weighted by Crippen LogP contribution is 2.44. The number of aromatic amines is 1. The molecule has 0 bridgehead atoms. The minimum absolute atomic E-state index is 0.330. The first-order chi connectivity index (χ1) is 13.6. The van der Waals surface area contributed by atoms with E-state index in [0.717, 1.165) is 33.1 Å². The van der Waals surface area contributed by atoms with E-state index in [9.17, 15) is 4.79 Å². The van der Waals surface area contributed by atoms with Crippen LogP contribution in [-0.4, -0.2) is 21.4 Å². The van der Waals surface area contributed by atoms with Crippen LogP contribution >= 0.6 is 22.9 Å². The number of thiophene rings is 1. The van der Waals surface area contributed by atoms with Crippen LogP contribution < -0.4 is 16.2 Å². The summed E-state index contributed by atoms with van der Waals surface area (Å²) in [6.07, 6.45) is 0.765. The van der Waals surface area contributed by atoms with Crippen molar-refractivity contribution in [3.63, 3.8) is 0 Å². The average molecular weight is 411 g/mol. The first-order valence-electron chi connectivity index (χ1n) is 8.70. The molecule has 5 rings (SSSR count). The van der Waals surface area contributed by atoms with Gasteiger partial charge in [-0.2, -0.15) is 5.10 Å². The summed E-state index contributed by atoms with van der Waals surface area (Å²) in [5, 5.41) is 7.30. The number of nitrogens with zero attached hydrogens (tertiary/aromatic N) is 2. The fourth-order valence-electron chi connectivity index (χ4n) is 3.39. The Balaban J connectivity index is 1.69. The maximum absolute atomic E-state index is 12.5. The number of anilines is 1. The van der Waals surface area contributed by atoms with Crippen LogP contribution in [0.5, 0.6) is 5.75 Å². The Hall–Kier alpha value is -3.03. The average Bonchev–Trinajstić information content (AvgIpc) is 3.22. The second-order valence-electron chi connectivity index (χ2n) is 6.46. The molecule has 0 aliphatic carbocycles. The van der Waals surface area contributed by atoms with Crippen LogP contribution in [0.2, 0.25) is 5.02 Å². The molecule has 3 heterocycles. The Bertz CT molecular complexity index is 1260. The predicted octanol–water partition coefficient (Wildman–Crippen LogP) is 4.13. The molecule has 0 spiro atoms. The number of hydrogen-bond acceptors (Lipinski definition) is 5. The van der Waals surface area contributed by atoms with Gasteiger partial charge in [0.25, 0.3) is 0 Å². The van der Waals surface area contributed by atoms with Crippen molar-refractivity contribution in [1.82, 2.24) is 14.8 Å². The molecule has 140 valence electrons. The molecule has 6 nitrogen and oxygen atoms in total. The molecule has 0 fully saturated rings. The minimum Gasteiger partial charge on any atom is -0.492 e. The summed E-state index contributed by atoms with van der Waals surface area (Å²) >= 11 is 7.90. The van der Waals surface area contributed by atoms with Crippen LogP contribution in [0.3, 0.4) is 0 Å². The van der Waals surface area contributed by atoms with Gasteiger partial charge in [-0.15, -0.1) is 11.3 Å². The number of ether oxygens (including phenoxy) is 1. The number of nitrogens with two attached hydrogens (primary N) is 1. The number of halogens is 1. The zero-order chi connectivity index (χ0) is 19.3. The Kier molecular flexibility index (Phi) is 3.99. The quantitative estimate of drug-likeness (QED) is 0.486. The highest BCUT2D eigenvalue weighted by molar-refractivity contribution is 7.19. The van der Waals surface area contributed by atoms with Crippen LogP contribution in [-0.2, 0) is 6.42 Å². The SMILES string of the molecule is Nc1ccc2c(c1)OCCc1cc(-c3n[nH]c(=O)n3-c3ccccc3Cl)sc1-2. The number of benzene rings is 2. The molecule has 28 heavy (non-hydrogen) atoms. The predicted molar refractivity (Wildman–Crippen MR) is 112 cm³/mol. The molecule has 0 radical (unpaired) electrons. The topological polar surface area (TPSA) is 85.9 Å². The van der Waals surface area contributed by atoms with Crippen molar-refractivity contribution in [2.75, 3.05) is 12.3 Å². The maximum Gasteiger partial charge on any atom is 0.348 e. The molecule has 0 unspecified atom stereocenters. The number of H-pyrrole nitrogens is 1. The fraction of sp³-hybridized carbons (Fsp3) is 0.100. The molecular formula is C20H15ClN4O2S. The smallest absolute Gasteiger partial charge is 0.348 e. The fourth-order valence-corrected chi connectivity index (χ4v) is 4.83. The summed E-state index contributed by atoms with van der Waals surface area (Å²) in [4.78, 5) is 14.4. The summed E-state index contributed by atoms with van der Waals surface area (Å²) in [5.74, 6) is 1.31. The van der Waals surface area contributed by atoms with Crippen molar-refractivity contribution in [1.29, 1.82) is 0 Å². The third-order valence-electron chi connectivity index (χ3n) is 4.67. The molecule has 2 aromatic carbocycles. The number of nitrogens with one attached hydrogen (secondary N) is 1. The van der Waals surface area contributed by atoms with Gasteiger partial charge in [-0.1, -0.05) is 23.7 Å². The van der Waals surface area contributed by atoms with E-state index in [2.05, 4.69) is 16.3 Å². The number of rotatable bonds is 2. The Morgan fingerprint density at radius 3 is 2.93 bits per heavy atom. The Morgan fingerprint density at radius 1 is 1.21 bits per heavy atom. The van der Waals surface area contributed by atoms with Gasteiger partial charge in [-0.3, -0.25) is 0 Å². The standard InChI is InChI=1S/C20H15ClN4O2S/c21-14-3-1-2-4-15(14)25-19(23-24-20(25)26)17-9-11-7-8-27-16-10-12(22)5-6-13(16)18(11)28-17/h1-6,9-10H,7-8,22H2,(H,24,26). The van der Waals surface area contributed by atoms with Gasteiger partial charge in [0.05, 0.1) is 22.2 Å². The lowest BCUT2D eigenvalue weighted by Crippen LogP contribution is -2.15. The number of hydrogen-bond donors (Lipinski definition) is 2. The van der Waals surface area contributed by atoms with E-state index in [4.69, 9.17) is 22.1 Å². The van der Waals surface area contributed by atoms with Gasteiger partial charge in [0.1, 0.15) is 5.75 Å². The Labute approximate surface area is 169 Å². The molecule has 0 amide bonds. The van der Waals surface area contributed by atoms with E-state index in [-0.39, 0.29) is 5.69 Å².